The maximum Gasteiger partial charge on any atom is 2.00 e. The van der Waals surface area contributed by atoms with Crippen molar-refractivity contribution in [3.8, 4) is 0 Å². The van der Waals surface area contributed by atoms with E-state index in [0.29, 0.717) is 0 Å². The predicted molar refractivity (Wildman–Crippen MR) is 40.0 cm³/mol. The molecule has 0 aliphatic heterocycles. The molecule has 0 aliphatic rings. The van der Waals surface area contributed by atoms with Crippen molar-refractivity contribution in [2.75, 3.05) is 0 Å². The summed E-state index contributed by atoms with van der Waals surface area (Å²) in [5.74, 6) is 0. The number of hydrogen-bond acceptors (Lipinski definition) is 8. The average Bonchev–Trinajstić information content (AvgIpc) is 1.87. The van der Waals surface area contributed by atoms with Crippen LogP contribution in [0.3, 0.4) is 0 Å². The molecule has 0 aromatic heterocycles. The second kappa shape index (κ2) is 14.1. The maximum atomic E-state index is 9.31. The van der Waals surface area contributed by atoms with E-state index >= 15 is 0 Å². The van der Waals surface area contributed by atoms with Crippen LogP contribution in [0.15, 0.2) is 25.7 Å². The molecule has 0 saturated heterocycles. The van der Waals surface area contributed by atoms with Crippen LogP contribution in [0.1, 0.15) is 0 Å². The van der Waals surface area contributed by atoms with Crippen molar-refractivity contribution in [1.29, 1.82) is 0 Å². The second-order valence-electron chi connectivity index (χ2n) is 0.934. The van der Waals surface area contributed by atoms with Crippen LogP contribution in [-0.4, -0.2) is 0 Å². The third-order valence-electron chi connectivity index (χ3n) is 0.293. The molecule has 0 fully saturated rings. The molecule has 72 valence electrons. The molecule has 13 heavy (non-hydrogen) atoms. The van der Waals surface area contributed by atoms with Gasteiger partial charge in [-0.25, -0.2) is 0 Å². The molecule has 0 atom stereocenters. The fraction of sp³-hybridized carbons (Fsp3) is 0. The van der Waals surface area contributed by atoms with E-state index in [4.69, 9.17) is 0 Å². The van der Waals surface area contributed by atoms with Gasteiger partial charge in [-0.1, -0.05) is 13.2 Å². The van der Waals surface area contributed by atoms with E-state index < -0.39 is 22.0 Å². The minimum atomic E-state index is -2.43. The van der Waals surface area contributed by atoms with Crippen LogP contribution in [0.5, 0.6) is 0 Å². The van der Waals surface area contributed by atoms with Gasteiger partial charge in [0.15, 0.2) is 0 Å². The first-order chi connectivity index (χ1) is 5.54. The molecule has 0 N–H and O–H groups in total. The Morgan fingerprint density at radius 2 is 1.08 bits per heavy atom. The van der Waals surface area contributed by atoms with Gasteiger partial charge < -0.3 is 25.2 Å². The zero-order chi connectivity index (χ0) is 9.98. The van der Waals surface area contributed by atoms with Crippen molar-refractivity contribution >= 4 is 22.0 Å². The summed E-state index contributed by atoms with van der Waals surface area (Å²) in [6.45, 7) is 5.97. The normalized spacial score (nSPS) is 7.54. The van der Waals surface area contributed by atoms with E-state index in [0.717, 1.165) is 12.5 Å². The van der Waals surface area contributed by atoms with E-state index in [1.165, 1.54) is 0 Å². The van der Waals surface area contributed by atoms with Gasteiger partial charge in [0.05, 0.1) is 12.5 Å². The zero-order valence-electron chi connectivity index (χ0n) is 6.54. The van der Waals surface area contributed by atoms with E-state index in [2.05, 4.69) is 21.5 Å². The molecule has 0 rings (SSSR count). The Labute approximate surface area is 92.3 Å². The van der Waals surface area contributed by atoms with Gasteiger partial charge in [0.25, 0.3) is 0 Å². The van der Waals surface area contributed by atoms with Crippen LogP contribution in [0, 0.1) is 0 Å². The molecule has 0 bridgehead atoms. The molecule has 9 heteroatoms. The topological polar surface area (TPSA) is 86.7 Å². The maximum absolute atomic E-state index is 9.31. The Morgan fingerprint density at radius 3 is 1.08 bits per heavy atom. The second-order valence-corrected chi connectivity index (χ2v) is 2.14. The largest absolute Gasteiger partial charge is 2.00 e. The van der Waals surface area contributed by atoms with Crippen molar-refractivity contribution in [3.63, 3.8) is 0 Å². The first kappa shape index (κ1) is 18.4. The predicted octanol–water partition coefficient (Wildman–Crippen LogP) is 0.739. The quantitative estimate of drug-likeness (QED) is 0.428. The standard InChI is InChI=1S/2C2H3O3S.Zn/c2*1-2-5-6(3)4;/h2*2H,1H2;/q2*-1;+2. The van der Waals surface area contributed by atoms with Crippen molar-refractivity contribution in [1.82, 2.24) is 0 Å². The molecule has 0 aromatic carbocycles. The van der Waals surface area contributed by atoms with Crippen molar-refractivity contribution < 1.29 is 44.7 Å². The van der Waals surface area contributed by atoms with Crippen LogP contribution in [0.2, 0.25) is 0 Å². The van der Waals surface area contributed by atoms with Crippen LogP contribution in [0.4, 0.5) is 0 Å². The minimum Gasteiger partial charge on any atom is -0.539 e. The third-order valence-corrected chi connectivity index (χ3v) is 0.880. The summed E-state index contributed by atoms with van der Waals surface area (Å²) in [4.78, 5) is 0. The zero-order valence-corrected chi connectivity index (χ0v) is 11.1. The van der Waals surface area contributed by atoms with Gasteiger partial charge in [0.1, 0.15) is 22.0 Å². The Hall–Kier alpha value is -0.397. The van der Waals surface area contributed by atoms with Gasteiger partial charge in [-0.15, -0.1) is 0 Å². The molecule has 0 unspecified atom stereocenters. The van der Waals surface area contributed by atoms with Crippen LogP contribution in [-0.2, 0) is 66.6 Å². The molecule has 0 radical (unpaired) electrons. The van der Waals surface area contributed by atoms with E-state index in [9.17, 15) is 16.8 Å². The Bertz CT molecular complexity index is 224. The third kappa shape index (κ3) is 34.1. The summed E-state index contributed by atoms with van der Waals surface area (Å²) in [6.07, 6.45) is 1.67. The summed E-state index contributed by atoms with van der Waals surface area (Å²) in [5.41, 5.74) is 0. The van der Waals surface area contributed by atoms with Crippen LogP contribution >= 0.6 is 0 Å². The molecule has 0 spiro atoms. The van der Waals surface area contributed by atoms with Gasteiger partial charge in [-0.05, 0) is 0 Å². The van der Waals surface area contributed by atoms with Gasteiger partial charge in [0.2, 0.25) is 0 Å². The molecule has 0 aromatic rings. The van der Waals surface area contributed by atoms with Crippen LogP contribution in [0.25, 0.3) is 0 Å². The van der Waals surface area contributed by atoms with Gasteiger partial charge >= 0.3 is 19.5 Å². The first-order valence-electron chi connectivity index (χ1n) is 2.29. The molecular formula is C4H6O6S2Zn. The van der Waals surface area contributed by atoms with Crippen molar-refractivity contribution in [2.24, 2.45) is 0 Å². The van der Waals surface area contributed by atoms with E-state index in [1.54, 1.807) is 0 Å². The fourth-order valence-corrected chi connectivity index (χ4v) is 0.333. The smallest absolute Gasteiger partial charge is 0.539 e. The monoisotopic (exact) mass is 278 g/mol. The molecule has 0 saturated carbocycles. The van der Waals surface area contributed by atoms with Crippen molar-refractivity contribution in [2.45, 2.75) is 0 Å². The first-order valence-corrected chi connectivity index (χ1v) is 4.29. The van der Waals surface area contributed by atoms with Crippen LogP contribution < -0.4 is 0 Å². The molecular weight excluding hydrogens is 274 g/mol. The molecule has 0 heterocycles. The van der Waals surface area contributed by atoms with Crippen molar-refractivity contribution in [3.05, 3.63) is 25.7 Å². The van der Waals surface area contributed by atoms with E-state index in [1.807, 2.05) is 0 Å². The van der Waals surface area contributed by atoms with Gasteiger partial charge in [-0.3, -0.25) is 0 Å². The van der Waals surface area contributed by atoms with E-state index in [-0.39, 0.29) is 19.5 Å². The summed E-state index contributed by atoms with van der Waals surface area (Å²) in [7, 11) is -4.87. The summed E-state index contributed by atoms with van der Waals surface area (Å²) in [6, 6.07) is 0. The molecule has 0 aliphatic carbocycles. The Kier molecular flexibility index (Phi) is 20.0. The van der Waals surface area contributed by atoms with Gasteiger partial charge in [-0.2, -0.15) is 0 Å². The molecule has 6 nitrogen and oxygen atoms in total. The summed E-state index contributed by atoms with van der Waals surface area (Å²) < 4.78 is 44.7. The fourth-order valence-electron chi connectivity index (χ4n) is 0.111. The molecule has 0 amide bonds. The number of rotatable bonds is 4. The SMILES string of the molecule is C=CO[S-](=O)=O.C=CO[S-](=O)=O.[Zn+2]. The Morgan fingerprint density at radius 1 is 0.846 bits per heavy atom. The minimum absolute atomic E-state index is 0. The average molecular weight is 280 g/mol. The van der Waals surface area contributed by atoms with Gasteiger partial charge in [0, 0.05) is 0 Å². The summed E-state index contributed by atoms with van der Waals surface area (Å²) in [5, 5.41) is 0. The Balaban J connectivity index is -0.000000143. The summed E-state index contributed by atoms with van der Waals surface area (Å²) >= 11 is 0. The number of hydrogen-bond donors (Lipinski definition) is 0.